The molecule has 0 amide bonds. The molecular formula is C32H65NO6. The molecule has 0 aromatic heterocycles. The first-order valence-corrected chi connectivity index (χ1v) is 16.0. The first-order valence-electron chi connectivity index (χ1n) is 16.0. The van der Waals surface area contributed by atoms with Crippen LogP contribution in [0.4, 0.5) is 0 Å². The van der Waals surface area contributed by atoms with Crippen molar-refractivity contribution < 1.29 is 28.8 Å². The van der Waals surface area contributed by atoms with Crippen LogP contribution >= 0.6 is 0 Å². The molecule has 0 spiro atoms. The topological polar surface area (TPSA) is 69.6 Å². The lowest BCUT2D eigenvalue weighted by Gasteiger charge is -2.20. The number of aliphatic hydroxyl groups is 1. The zero-order valence-corrected chi connectivity index (χ0v) is 26.1. The molecule has 7 nitrogen and oxygen atoms in total. The van der Waals surface area contributed by atoms with E-state index in [1.807, 2.05) is 0 Å². The molecule has 234 valence electrons. The Morgan fingerprint density at radius 3 is 1.62 bits per heavy atom. The molecule has 0 saturated carbocycles. The fraction of sp³-hybridized carbons (Fsp3) is 0.938. The van der Waals surface area contributed by atoms with Gasteiger partial charge in [-0.05, 0) is 52.6 Å². The molecule has 0 aliphatic carbocycles. The molecule has 1 atom stereocenters. The molecular weight excluding hydrogens is 494 g/mol. The second-order valence-electron chi connectivity index (χ2n) is 10.7. The number of hydrogen-bond donors (Lipinski definition) is 1. The molecule has 0 aliphatic rings. The third kappa shape index (κ3) is 33.6. The van der Waals surface area contributed by atoms with E-state index in [9.17, 15) is 0 Å². The minimum absolute atomic E-state index is 0.0437. The van der Waals surface area contributed by atoms with E-state index in [2.05, 4.69) is 38.1 Å². The standard InChI is InChI=1S/C32H65NO6/c1-4-5-6-7-8-9-10-11-12-13-14-15-16-17-18-19-23-39-32(20-21-33(2)3)31-38-30-29-37-28-27-36-26-25-35-24-22-34/h11-12,32,34H,4-10,13-31H2,1-3H3. The molecule has 0 aromatic carbocycles. The van der Waals surface area contributed by atoms with Gasteiger partial charge in [-0.25, -0.2) is 0 Å². The summed E-state index contributed by atoms with van der Waals surface area (Å²) >= 11 is 0. The maximum absolute atomic E-state index is 8.63. The SMILES string of the molecule is CCCCCCCCC=CCCCCCCCCOC(CCN(C)C)COCCOCCOCCOCCO. The Balaban J connectivity index is 3.60. The monoisotopic (exact) mass is 559 g/mol. The quantitative estimate of drug-likeness (QED) is 0.0735. The molecule has 1 N–H and O–H groups in total. The van der Waals surface area contributed by atoms with Crippen molar-refractivity contribution >= 4 is 0 Å². The normalized spacial score (nSPS) is 12.7. The zero-order chi connectivity index (χ0) is 28.5. The largest absolute Gasteiger partial charge is 0.394 e. The van der Waals surface area contributed by atoms with Crippen molar-refractivity contribution in [3.63, 3.8) is 0 Å². The van der Waals surface area contributed by atoms with Crippen molar-refractivity contribution in [1.29, 1.82) is 0 Å². The summed E-state index contributed by atoms with van der Waals surface area (Å²) in [4.78, 5) is 2.19. The van der Waals surface area contributed by atoms with E-state index in [0.717, 1.165) is 26.0 Å². The second kappa shape index (κ2) is 33.7. The van der Waals surface area contributed by atoms with Gasteiger partial charge in [-0.2, -0.15) is 0 Å². The van der Waals surface area contributed by atoms with Gasteiger partial charge in [0.2, 0.25) is 0 Å². The predicted octanol–water partition coefficient (Wildman–Crippen LogP) is 6.42. The van der Waals surface area contributed by atoms with Gasteiger partial charge in [0.05, 0.1) is 65.6 Å². The number of ether oxygens (including phenoxy) is 5. The Labute approximate surface area is 241 Å². The van der Waals surface area contributed by atoms with Crippen LogP contribution in [0.1, 0.15) is 103 Å². The maximum Gasteiger partial charge on any atom is 0.0820 e. The van der Waals surface area contributed by atoms with Crippen molar-refractivity contribution in [3.8, 4) is 0 Å². The highest BCUT2D eigenvalue weighted by Crippen LogP contribution is 2.11. The first kappa shape index (κ1) is 38.5. The highest BCUT2D eigenvalue weighted by atomic mass is 16.6. The molecule has 0 heterocycles. The van der Waals surface area contributed by atoms with E-state index < -0.39 is 0 Å². The zero-order valence-electron chi connectivity index (χ0n) is 26.1. The fourth-order valence-corrected chi connectivity index (χ4v) is 4.16. The van der Waals surface area contributed by atoms with Crippen LogP contribution in [0.5, 0.6) is 0 Å². The lowest BCUT2D eigenvalue weighted by atomic mass is 10.1. The summed E-state index contributed by atoms with van der Waals surface area (Å²) in [6.45, 7) is 8.31. The lowest BCUT2D eigenvalue weighted by molar-refractivity contribution is -0.0431. The Hall–Kier alpha value is -0.540. The van der Waals surface area contributed by atoms with Crippen molar-refractivity contribution in [2.24, 2.45) is 0 Å². The molecule has 7 heteroatoms. The first-order chi connectivity index (χ1) is 19.2. The number of allylic oxidation sites excluding steroid dienone is 2. The number of unbranched alkanes of at least 4 members (excludes halogenated alkanes) is 12. The van der Waals surface area contributed by atoms with Crippen LogP contribution in [-0.4, -0.2) is 103 Å². The van der Waals surface area contributed by atoms with Crippen LogP contribution in [0.3, 0.4) is 0 Å². The van der Waals surface area contributed by atoms with Gasteiger partial charge >= 0.3 is 0 Å². The number of aliphatic hydroxyl groups excluding tert-OH is 1. The Bertz CT molecular complexity index is 478. The third-order valence-corrected chi connectivity index (χ3v) is 6.56. The second-order valence-corrected chi connectivity index (χ2v) is 10.7. The average Bonchev–Trinajstić information content (AvgIpc) is 2.93. The molecule has 0 saturated heterocycles. The number of hydrogen-bond acceptors (Lipinski definition) is 7. The van der Waals surface area contributed by atoms with Gasteiger partial charge in [0.25, 0.3) is 0 Å². The smallest absolute Gasteiger partial charge is 0.0820 e. The molecule has 39 heavy (non-hydrogen) atoms. The maximum atomic E-state index is 8.63. The summed E-state index contributed by atoms with van der Waals surface area (Å²) in [5.74, 6) is 0. The Kier molecular flexibility index (Phi) is 33.2. The van der Waals surface area contributed by atoms with Crippen LogP contribution in [0.2, 0.25) is 0 Å². The number of nitrogens with zero attached hydrogens (tertiary/aromatic N) is 1. The van der Waals surface area contributed by atoms with Crippen LogP contribution in [0, 0.1) is 0 Å². The molecule has 1 unspecified atom stereocenters. The molecule has 0 bridgehead atoms. The van der Waals surface area contributed by atoms with E-state index in [-0.39, 0.29) is 12.7 Å². The molecule has 0 rings (SSSR count). The number of rotatable bonds is 33. The van der Waals surface area contributed by atoms with Crippen LogP contribution in [0.25, 0.3) is 0 Å². The van der Waals surface area contributed by atoms with Crippen molar-refractivity contribution in [1.82, 2.24) is 4.90 Å². The molecule has 0 radical (unpaired) electrons. The van der Waals surface area contributed by atoms with Gasteiger partial charge in [-0.1, -0.05) is 76.9 Å². The summed E-state index contributed by atoms with van der Waals surface area (Å²) in [6, 6.07) is 0. The van der Waals surface area contributed by atoms with Crippen molar-refractivity contribution in [2.75, 3.05) is 86.7 Å². The molecule has 0 fully saturated rings. The predicted molar refractivity (Wildman–Crippen MR) is 163 cm³/mol. The van der Waals surface area contributed by atoms with E-state index in [1.54, 1.807) is 0 Å². The van der Waals surface area contributed by atoms with Gasteiger partial charge in [0, 0.05) is 13.2 Å². The van der Waals surface area contributed by atoms with Crippen LogP contribution < -0.4 is 0 Å². The van der Waals surface area contributed by atoms with Gasteiger partial charge in [-0.15, -0.1) is 0 Å². The van der Waals surface area contributed by atoms with Crippen molar-refractivity contribution in [2.45, 2.75) is 109 Å². The third-order valence-electron chi connectivity index (χ3n) is 6.56. The van der Waals surface area contributed by atoms with Crippen LogP contribution in [0.15, 0.2) is 12.2 Å². The van der Waals surface area contributed by atoms with Gasteiger partial charge < -0.3 is 33.7 Å². The summed E-state index contributed by atoms with van der Waals surface area (Å²) < 4.78 is 28.1. The van der Waals surface area contributed by atoms with E-state index in [0.29, 0.717) is 52.9 Å². The lowest BCUT2D eigenvalue weighted by Crippen LogP contribution is -2.27. The van der Waals surface area contributed by atoms with E-state index in [1.165, 1.54) is 83.5 Å². The highest BCUT2D eigenvalue weighted by Gasteiger charge is 2.10. The Morgan fingerprint density at radius 2 is 1.08 bits per heavy atom. The van der Waals surface area contributed by atoms with Gasteiger partial charge in [-0.3, -0.25) is 0 Å². The highest BCUT2D eigenvalue weighted by molar-refractivity contribution is 4.81. The van der Waals surface area contributed by atoms with Gasteiger partial charge in [0.1, 0.15) is 0 Å². The average molecular weight is 560 g/mol. The van der Waals surface area contributed by atoms with Gasteiger partial charge in [0.15, 0.2) is 0 Å². The van der Waals surface area contributed by atoms with E-state index in [4.69, 9.17) is 28.8 Å². The van der Waals surface area contributed by atoms with Crippen molar-refractivity contribution in [3.05, 3.63) is 12.2 Å². The summed E-state index contributed by atoms with van der Waals surface area (Å²) in [6.07, 6.45) is 24.4. The minimum Gasteiger partial charge on any atom is -0.394 e. The van der Waals surface area contributed by atoms with Crippen LogP contribution in [-0.2, 0) is 23.7 Å². The molecule has 0 aliphatic heterocycles. The Morgan fingerprint density at radius 1 is 0.590 bits per heavy atom. The summed E-state index contributed by atoms with van der Waals surface area (Å²) in [5.41, 5.74) is 0. The summed E-state index contributed by atoms with van der Waals surface area (Å²) in [5, 5.41) is 8.63. The van der Waals surface area contributed by atoms with E-state index >= 15 is 0 Å². The fourth-order valence-electron chi connectivity index (χ4n) is 4.16. The minimum atomic E-state index is 0.0437. The molecule has 0 aromatic rings. The summed E-state index contributed by atoms with van der Waals surface area (Å²) in [7, 11) is 4.19.